The van der Waals surface area contributed by atoms with E-state index in [2.05, 4.69) is 27.1 Å². The van der Waals surface area contributed by atoms with E-state index in [-0.39, 0.29) is 11.4 Å². The number of nitrogens with one attached hydrogen (secondary N) is 2. The Kier molecular flexibility index (Phi) is 4.66. The lowest BCUT2D eigenvalue weighted by atomic mass is 10.3. The lowest BCUT2D eigenvalue weighted by Gasteiger charge is -2.01. The molecule has 0 saturated carbocycles. The first-order chi connectivity index (χ1) is 10.6. The van der Waals surface area contributed by atoms with Gasteiger partial charge >= 0.3 is 0 Å². The van der Waals surface area contributed by atoms with Gasteiger partial charge in [-0.15, -0.1) is 0 Å². The minimum absolute atomic E-state index is 0.136. The van der Waals surface area contributed by atoms with Crippen molar-refractivity contribution in [3.05, 3.63) is 76.5 Å². The van der Waals surface area contributed by atoms with Crippen molar-refractivity contribution in [2.24, 2.45) is 10.8 Å². The van der Waals surface area contributed by atoms with E-state index >= 15 is 0 Å². The van der Waals surface area contributed by atoms with Crippen molar-refractivity contribution in [1.82, 2.24) is 15.4 Å². The highest BCUT2D eigenvalue weighted by molar-refractivity contribution is 5.87. The zero-order chi connectivity index (χ0) is 15.9. The Bertz CT molecular complexity index is 754. The van der Waals surface area contributed by atoms with Gasteiger partial charge in [-0.2, -0.15) is 5.10 Å². The molecule has 8 nitrogen and oxygen atoms in total. The fraction of sp³-hybridized carbons (Fsp3) is 0. The lowest BCUT2D eigenvalue weighted by Crippen LogP contribution is -2.13. The summed E-state index contributed by atoms with van der Waals surface area (Å²) in [4.78, 5) is 17.4. The van der Waals surface area contributed by atoms with Crippen LogP contribution >= 0.6 is 0 Å². The van der Waals surface area contributed by atoms with Crippen LogP contribution in [0, 0.1) is 10.1 Å². The van der Waals surface area contributed by atoms with Crippen molar-refractivity contribution >= 4 is 17.2 Å². The maximum atomic E-state index is 10.8. The molecule has 0 unspecified atom stereocenters. The number of pyridine rings is 1. The number of rotatable bonds is 6. The van der Waals surface area contributed by atoms with Crippen LogP contribution in [0.2, 0.25) is 0 Å². The van der Waals surface area contributed by atoms with E-state index in [4.69, 9.17) is 5.73 Å². The minimum Gasteiger partial charge on any atom is -0.405 e. The second-order valence-electron chi connectivity index (χ2n) is 4.20. The molecule has 0 atom stereocenters. The highest BCUT2D eigenvalue weighted by atomic mass is 16.6. The Morgan fingerprint density at radius 2 is 2.41 bits per heavy atom. The first-order valence-corrected chi connectivity index (χ1v) is 6.27. The Balaban J connectivity index is 2.14. The van der Waals surface area contributed by atoms with Gasteiger partial charge in [0.15, 0.2) is 0 Å². The molecule has 0 aliphatic heterocycles. The van der Waals surface area contributed by atoms with Crippen LogP contribution in [0.25, 0.3) is 11.0 Å². The van der Waals surface area contributed by atoms with E-state index in [0.29, 0.717) is 5.69 Å². The molecule has 2 rings (SSSR count). The number of fused-ring (bicyclic) bond motifs is 1. The van der Waals surface area contributed by atoms with Crippen molar-refractivity contribution in [2.75, 3.05) is 0 Å². The molecular weight excluding hydrogens is 284 g/mol. The molecule has 4 N–H and O–H groups in total. The SMILES string of the molecule is C=C(/C(=C\C=C\N)N/N=C\c1cc2cccnc2[nH]1)[N+](=O)[O-]. The van der Waals surface area contributed by atoms with Crippen LogP contribution in [-0.2, 0) is 0 Å². The second-order valence-corrected chi connectivity index (χ2v) is 4.20. The van der Waals surface area contributed by atoms with E-state index in [1.807, 2.05) is 18.2 Å². The van der Waals surface area contributed by atoms with Gasteiger partial charge in [0, 0.05) is 11.6 Å². The number of nitrogens with two attached hydrogens (primary N) is 1. The van der Waals surface area contributed by atoms with E-state index in [0.717, 1.165) is 11.0 Å². The third-order valence-corrected chi connectivity index (χ3v) is 2.71. The maximum absolute atomic E-state index is 10.8. The molecule has 0 aliphatic carbocycles. The van der Waals surface area contributed by atoms with Gasteiger partial charge in [-0.25, -0.2) is 4.98 Å². The quantitative estimate of drug-likeness (QED) is 0.324. The van der Waals surface area contributed by atoms with E-state index in [9.17, 15) is 10.1 Å². The fourth-order valence-corrected chi connectivity index (χ4v) is 1.67. The third kappa shape index (κ3) is 3.57. The summed E-state index contributed by atoms with van der Waals surface area (Å²) < 4.78 is 0. The van der Waals surface area contributed by atoms with E-state index in [1.54, 1.807) is 6.20 Å². The summed E-state index contributed by atoms with van der Waals surface area (Å²) in [6.07, 6.45) is 7.28. The standard InChI is InChI=1S/C14H14N6O2/c1-10(20(21)22)13(5-2-6-15)19-17-9-12-8-11-4-3-7-16-14(11)18-12/h2-9,19H,1,15H2,(H,16,18)/b6-2+,13-5+,17-9-. The van der Waals surface area contributed by atoms with Crippen LogP contribution in [0.5, 0.6) is 0 Å². The van der Waals surface area contributed by atoms with Crippen molar-refractivity contribution in [3.63, 3.8) is 0 Å². The predicted molar refractivity (Wildman–Crippen MR) is 84.4 cm³/mol. The smallest absolute Gasteiger partial charge is 0.287 e. The number of allylic oxidation sites excluding steroid dienone is 2. The van der Waals surface area contributed by atoms with Crippen LogP contribution in [0.15, 0.2) is 65.8 Å². The van der Waals surface area contributed by atoms with Crippen LogP contribution in [-0.4, -0.2) is 21.1 Å². The summed E-state index contributed by atoms with van der Waals surface area (Å²) in [6.45, 7) is 3.37. The molecular formula is C14H14N6O2. The highest BCUT2D eigenvalue weighted by Gasteiger charge is 2.12. The summed E-state index contributed by atoms with van der Waals surface area (Å²) >= 11 is 0. The number of nitrogens with zero attached hydrogens (tertiary/aromatic N) is 3. The van der Waals surface area contributed by atoms with Gasteiger partial charge in [-0.05, 0) is 43.1 Å². The summed E-state index contributed by atoms with van der Waals surface area (Å²) in [5.41, 5.74) is 9.05. The van der Waals surface area contributed by atoms with Gasteiger partial charge < -0.3 is 10.7 Å². The van der Waals surface area contributed by atoms with E-state index < -0.39 is 4.92 Å². The van der Waals surface area contributed by atoms with Gasteiger partial charge in [0.2, 0.25) is 0 Å². The van der Waals surface area contributed by atoms with Crippen molar-refractivity contribution < 1.29 is 4.92 Å². The fourth-order valence-electron chi connectivity index (χ4n) is 1.67. The molecule has 0 aromatic carbocycles. The molecule has 0 bridgehead atoms. The number of hydrogen-bond donors (Lipinski definition) is 3. The zero-order valence-electron chi connectivity index (χ0n) is 11.6. The molecule has 0 amide bonds. The number of aromatic amines is 1. The van der Waals surface area contributed by atoms with Crippen LogP contribution in [0.3, 0.4) is 0 Å². The summed E-state index contributed by atoms with van der Waals surface area (Å²) in [6, 6.07) is 5.60. The maximum Gasteiger partial charge on any atom is 0.287 e. The molecule has 2 aromatic rings. The molecule has 22 heavy (non-hydrogen) atoms. The van der Waals surface area contributed by atoms with Crippen LogP contribution < -0.4 is 11.2 Å². The molecule has 2 heterocycles. The molecule has 2 aromatic heterocycles. The predicted octanol–water partition coefficient (Wildman–Crippen LogP) is 1.63. The Morgan fingerprint density at radius 3 is 3.09 bits per heavy atom. The van der Waals surface area contributed by atoms with Crippen LogP contribution in [0.1, 0.15) is 5.69 Å². The second kappa shape index (κ2) is 6.84. The first-order valence-electron chi connectivity index (χ1n) is 6.27. The van der Waals surface area contributed by atoms with Gasteiger partial charge in [-0.1, -0.05) is 0 Å². The Hall–Kier alpha value is -3.42. The summed E-state index contributed by atoms with van der Waals surface area (Å²) in [5, 5.41) is 15.7. The van der Waals surface area contributed by atoms with Crippen molar-refractivity contribution in [3.8, 4) is 0 Å². The van der Waals surface area contributed by atoms with Crippen molar-refractivity contribution in [2.45, 2.75) is 0 Å². The summed E-state index contributed by atoms with van der Waals surface area (Å²) in [5.74, 6) is 0. The van der Waals surface area contributed by atoms with Gasteiger partial charge in [0.25, 0.3) is 5.70 Å². The number of hydrogen-bond acceptors (Lipinski definition) is 6. The third-order valence-electron chi connectivity index (χ3n) is 2.71. The van der Waals surface area contributed by atoms with E-state index in [1.165, 1.54) is 24.6 Å². The molecule has 112 valence electrons. The summed E-state index contributed by atoms with van der Waals surface area (Å²) in [7, 11) is 0. The topological polar surface area (TPSA) is 122 Å². The Morgan fingerprint density at radius 1 is 1.59 bits per heavy atom. The molecule has 0 radical (unpaired) electrons. The minimum atomic E-state index is -0.606. The molecule has 0 fully saturated rings. The number of aromatic nitrogens is 2. The average molecular weight is 298 g/mol. The largest absolute Gasteiger partial charge is 0.405 e. The average Bonchev–Trinajstić information content (AvgIpc) is 2.92. The highest BCUT2D eigenvalue weighted by Crippen LogP contribution is 2.10. The van der Waals surface area contributed by atoms with Gasteiger partial charge in [0.1, 0.15) is 11.3 Å². The van der Waals surface area contributed by atoms with Crippen molar-refractivity contribution in [1.29, 1.82) is 0 Å². The number of nitro groups is 1. The molecule has 0 saturated heterocycles. The lowest BCUT2D eigenvalue weighted by molar-refractivity contribution is -0.420. The number of H-pyrrole nitrogens is 1. The normalized spacial score (nSPS) is 12.3. The van der Waals surface area contributed by atoms with Gasteiger partial charge in [0.05, 0.1) is 16.8 Å². The number of hydrazone groups is 1. The zero-order valence-corrected chi connectivity index (χ0v) is 11.6. The van der Waals surface area contributed by atoms with Gasteiger partial charge in [-0.3, -0.25) is 15.5 Å². The molecule has 0 aliphatic rings. The van der Waals surface area contributed by atoms with Crippen LogP contribution in [0.4, 0.5) is 0 Å². The Labute approximate surface area is 125 Å². The monoisotopic (exact) mass is 298 g/mol. The first kappa shape index (κ1) is 15.0. The molecule has 8 heteroatoms. The molecule has 0 spiro atoms.